The summed E-state index contributed by atoms with van der Waals surface area (Å²) in [5, 5.41) is 3.46. The Bertz CT molecular complexity index is 969. The summed E-state index contributed by atoms with van der Waals surface area (Å²) in [7, 11) is 0. The number of furan rings is 1. The van der Waals surface area contributed by atoms with Crippen LogP contribution in [0.5, 0.6) is 0 Å². The molecular weight excluding hydrogens is 246 g/mol. The maximum Gasteiger partial charge on any atom is 0.159 e. The molecule has 0 aliphatic carbocycles. The molecule has 2 aromatic heterocycles. The lowest BCUT2D eigenvalue weighted by Crippen LogP contribution is -1.71. The van der Waals surface area contributed by atoms with Crippen LogP contribution in [0.4, 0.5) is 0 Å². The number of fused-ring (bicyclic) bond motifs is 5. The topological polar surface area (TPSA) is 28.9 Å². The average molecular weight is 259 g/mol. The molecule has 0 unspecified atom stereocenters. The molecule has 96 valence electrons. The van der Waals surface area contributed by atoms with E-state index in [2.05, 4.69) is 29.8 Å². The molecule has 0 aliphatic heterocycles. The zero-order valence-electron chi connectivity index (χ0n) is 10.9. The molecule has 2 heterocycles. The first kappa shape index (κ1) is 11.1. The summed E-state index contributed by atoms with van der Waals surface area (Å²) in [6.45, 7) is 3.70. The van der Waals surface area contributed by atoms with Gasteiger partial charge in [0.15, 0.2) is 5.58 Å². The maximum absolute atomic E-state index is 6.01. The van der Waals surface area contributed by atoms with Gasteiger partial charge < -0.3 is 9.40 Å². The van der Waals surface area contributed by atoms with Gasteiger partial charge in [-0.25, -0.2) is 0 Å². The fourth-order valence-corrected chi connectivity index (χ4v) is 2.71. The van der Waals surface area contributed by atoms with Crippen LogP contribution in [-0.2, 0) is 0 Å². The second-order valence-corrected chi connectivity index (χ2v) is 4.80. The number of allylic oxidation sites excluding steroid dienone is 2. The Hall–Kier alpha value is -2.74. The Balaban J connectivity index is 2.11. The molecule has 0 fully saturated rings. The highest BCUT2D eigenvalue weighted by molar-refractivity contribution is 6.15. The van der Waals surface area contributed by atoms with Crippen molar-refractivity contribution in [1.82, 2.24) is 4.98 Å². The molecule has 0 atom stereocenters. The molecule has 0 bridgehead atoms. The summed E-state index contributed by atoms with van der Waals surface area (Å²) in [6.07, 6.45) is 7.75. The summed E-state index contributed by atoms with van der Waals surface area (Å²) in [5.74, 6) is 0. The third-order valence-electron chi connectivity index (χ3n) is 3.64. The van der Waals surface area contributed by atoms with Crippen molar-refractivity contribution >= 4 is 38.9 Å². The molecule has 4 aromatic rings. The van der Waals surface area contributed by atoms with Gasteiger partial charge in [-0.15, -0.1) is 0 Å². The summed E-state index contributed by atoms with van der Waals surface area (Å²) < 4.78 is 6.01. The Morgan fingerprint density at radius 2 is 1.85 bits per heavy atom. The van der Waals surface area contributed by atoms with Crippen LogP contribution < -0.4 is 0 Å². The predicted octanol–water partition coefficient (Wildman–Crippen LogP) is 5.27. The van der Waals surface area contributed by atoms with Crippen LogP contribution in [0.3, 0.4) is 0 Å². The van der Waals surface area contributed by atoms with Crippen molar-refractivity contribution in [1.29, 1.82) is 0 Å². The van der Waals surface area contributed by atoms with E-state index in [1.165, 1.54) is 0 Å². The molecule has 1 N–H and O–H groups in total. The minimum absolute atomic E-state index is 0.918. The van der Waals surface area contributed by atoms with E-state index in [4.69, 9.17) is 4.42 Å². The van der Waals surface area contributed by atoms with Crippen LogP contribution in [0.1, 0.15) is 5.56 Å². The Morgan fingerprint density at radius 1 is 1.00 bits per heavy atom. The number of aromatic amines is 1. The van der Waals surface area contributed by atoms with Crippen molar-refractivity contribution < 1.29 is 4.42 Å². The van der Waals surface area contributed by atoms with Crippen molar-refractivity contribution in [3.8, 4) is 0 Å². The normalized spacial score (nSPS) is 12.0. The number of rotatable bonds is 2. The second-order valence-electron chi connectivity index (χ2n) is 4.80. The van der Waals surface area contributed by atoms with Gasteiger partial charge in [0.2, 0.25) is 0 Å². The quantitative estimate of drug-likeness (QED) is 0.488. The van der Waals surface area contributed by atoms with Gasteiger partial charge in [-0.05, 0) is 17.7 Å². The Kier molecular flexibility index (Phi) is 2.30. The molecule has 2 aromatic carbocycles. The Morgan fingerprint density at radius 3 is 2.75 bits per heavy atom. The van der Waals surface area contributed by atoms with E-state index >= 15 is 0 Å². The largest absolute Gasteiger partial charge is 0.454 e. The van der Waals surface area contributed by atoms with E-state index in [1.807, 2.05) is 36.5 Å². The summed E-state index contributed by atoms with van der Waals surface area (Å²) in [4.78, 5) is 3.32. The van der Waals surface area contributed by atoms with Crippen LogP contribution in [0.15, 0.2) is 65.7 Å². The third kappa shape index (κ3) is 1.45. The van der Waals surface area contributed by atoms with Gasteiger partial charge in [0.05, 0.1) is 5.52 Å². The molecule has 0 spiro atoms. The minimum Gasteiger partial charge on any atom is -0.454 e. The zero-order valence-corrected chi connectivity index (χ0v) is 10.9. The highest BCUT2D eigenvalue weighted by atomic mass is 16.3. The van der Waals surface area contributed by atoms with Gasteiger partial charge in [-0.2, -0.15) is 0 Å². The van der Waals surface area contributed by atoms with E-state index in [0.717, 1.165) is 38.4 Å². The van der Waals surface area contributed by atoms with Gasteiger partial charge in [0.25, 0.3) is 0 Å². The number of para-hydroxylation sites is 1. The first-order valence-electron chi connectivity index (χ1n) is 6.59. The molecule has 2 nitrogen and oxygen atoms in total. The molecule has 0 saturated carbocycles. The smallest absolute Gasteiger partial charge is 0.159 e. The van der Waals surface area contributed by atoms with Gasteiger partial charge in [0, 0.05) is 22.4 Å². The lowest BCUT2D eigenvalue weighted by atomic mass is 10.1. The van der Waals surface area contributed by atoms with Crippen LogP contribution in [0, 0.1) is 0 Å². The van der Waals surface area contributed by atoms with Crippen molar-refractivity contribution in [2.75, 3.05) is 0 Å². The summed E-state index contributed by atoms with van der Waals surface area (Å²) >= 11 is 0. The number of benzene rings is 2. The predicted molar refractivity (Wildman–Crippen MR) is 84.8 cm³/mol. The maximum atomic E-state index is 6.01. The lowest BCUT2D eigenvalue weighted by molar-refractivity contribution is 0.672. The van der Waals surface area contributed by atoms with Crippen LogP contribution in [0.25, 0.3) is 38.9 Å². The van der Waals surface area contributed by atoms with E-state index in [9.17, 15) is 0 Å². The molecule has 0 amide bonds. The highest BCUT2D eigenvalue weighted by Crippen LogP contribution is 2.34. The number of hydrogen-bond donors (Lipinski definition) is 1. The van der Waals surface area contributed by atoms with E-state index in [-0.39, 0.29) is 0 Å². The van der Waals surface area contributed by atoms with E-state index < -0.39 is 0 Å². The molecule has 0 saturated heterocycles. The highest BCUT2D eigenvalue weighted by Gasteiger charge is 2.11. The molecule has 4 rings (SSSR count). The summed E-state index contributed by atoms with van der Waals surface area (Å²) in [5.41, 5.74) is 4.03. The van der Waals surface area contributed by atoms with E-state index in [0.29, 0.717) is 0 Å². The first-order chi connectivity index (χ1) is 9.88. The van der Waals surface area contributed by atoms with Crippen molar-refractivity contribution in [2.45, 2.75) is 0 Å². The SMILES string of the molecule is C=C/C=C\c1c[nH]c2c1ccc1c3ccccc3oc12. The van der Waals surface area contributed by atoms with Gasteiger partial charge in [-0.1, -0.05) is 49.1 Å². The van der Waals surface area contributed by atoms with Gasteiger partial charge >= 0.3 is 0 Å². The van der Waals surface area contributed by atoms with Crippen molar-refractivity contribution in [2.24, 2.45) is 0 Å². The van der Waals surface area contributed by atoms with Crippen LogP contribution in [0.2, 0.25) is 0 Å². The molecule has 20 heavy (non-hydrogen) atoms. The third-order valence-corrected chi connectivity index (χ3v) is 3.64. The molecule has 0 radical (unpaired) electrons. The fraction of sp³-hybridized carbons (Fsp3) is 0. The standard InChI is InChI=1S/C18H13NO/c1-2-3-6-12-11-19-17-13(12)9-10-15-14-7-4-5-8-16(14)20-18(15)17/h2-11,19H,1H2/b6-3-. The van der Waals surface area contributed by atoms with Crippen molar-refractivity contribution in [3.63, 3.8) is 0 Å². The summed E-state index contributed by atoms with van der Waals surface area (Å²) in [6, 6.07) is 12.4. The van der Waals surface area contributed by atoms with Crippen LogP contribution in [-0.4, -0.2) is 4.98 Å². The Labute approximate surface area is 116 Å². The molecule has 0 aliphatic rings. The van der Waals surface area contributed by atoms with Gasteiger partial charge in [0.1, 0.15) is 5.58 Å². The molecular formula is C18H13NO. The first-order valence-corrected chi connectivity index (χ1v) is 6.59. The fourth-order valence-electron chi connectivity index (χ4n) is 2.71. The monoisotopic (exact) mass is 259 g/mol. The number of nitrogens with one attached hydrogen (secondary N) is 1. The van der Waals surface area contributed by atoms with E-state index in [1.54, 1.807) is 6.08 Å². The average Bonchev–Trinajstić information content (AvgIpc) is 3.06. The second kappa shape index (κ2) is 4.14. The molecule has 2 heteroatoms. The lowest BCUT2D eigenvalue weighted by Gasteiger charge is -1.93. The zero-order chi connectivity index (χ0) is 13.5. The number of H-pyrrole nitrogens is 1. The van der Waals surface area contributed by atoms with Crippen LogP contribution >= 0.6 is 0 Å². The van der Waals surface area contributed by atoms with Gasteiger partial charge in [-0.3, -0.25) is 0 Å². The number of hydrogen-bond acceptors (Lipinski definition) is 1. The van der Waals surface area contributed by atoms with Crippen molar-refractivity contribution in [3.05, 3.63) is 66.9 Å². The minimum atomic E-state index is 0.918. The number of aromatic nitrogens is 1.